The molecule has 2 aliphatic rings. The molecule has 0 spiro atoms. The van der Waals surface area contributed by atoms with Crippen LogP contribution in [0.2, 0.25) is 5.02 Å². The van der Waals surface area contributed by atoms with Crippen molar-refractivity contribution in [1.29, 1.82) is 0 Å². The van der Waals surface area contributed by atoms with Crippen molar-refractivity contribution >= 4 is 33.9 Å². The third-order valence-electron chi connectivity index (χ3n) is 5.87. The molecule has 0 amide bonds. The van der Waals surface area contributed by atoms with Crippen LogP contribution < -0.4 is 38.2 Å². The maximum atomic E-state index is 6.28. The van der Waals surface area contributed by atoms with Crippen molar-refractivity contribution in [2.75, 3.05) is 11.4 Å². The largest absolute Gasteiger partial charge is 1.00 e. The Hall–Kier alpha value is -1.99. The maximum absolute atomic E-state index is 6.28. The summed E-state index contributed by atoms with van der Waals surface area (Å²) in [5, 5.41) is 0.784. The normalized spacial score (nSPS) is 17.4. The molecule has 0 atom stereocenters. The molecular weight excluding hydrogens is 509 g/mol. The zero-order valence-corrected chi connectivity index (χ0v) is 20.4. The summed E-state index contributed by atoms with van der Waals surface area (Å²) in [6.45, 7) is 9.25. The number of hydrogen-bond donors (Lipinski definition) is 0. The predicted octanol–water partition coefficient (Wildman–Crippen LogP) is 2.46. The number of ether oxygens (including phenoxy) is 1. The lowest BCUT2D eigenvalue weighted by atomic mass is 10.2. The highest BCUT2D eigenvalue weighted by Crippen LogP contribution is 2.39. The van der Waals surface area contributed by atoms with Gasteiger partial charge in [0.15, 0.2) is 16.8 Å². The van der Waals surface area contributed by atoms with Gasteiger partial charge in [-0.3, -0.25) is 0 Å². The van der Waals surface area contributed by atoms with Gasteiger partial charge >= 0.3 is 0 Å². The third-order valence-corrected chi connectivity index (χ3v) is 6.10. The minimum atomic E-state index is 0. The van der Waals surface area contributed by atoms with Crippen LogP contribution in [0.15, 0.2) is 54.4 Å². The van der Waals surface area contributed by atoms with Crippen LogP contribution in [0.5, 0.6) is 5.75 Å². The summed E-state index contributed by atoms with van der Waals surface area (Å²) in [5.41, 5.74) is 6.17. The quantitative estimate of drug-likeness (QED) is 0.381. The molecule has 5 rings (SSSR count). The number of fused-ring (bicyclic) bond motifs is 4. The molecule has 30 heavy (non-hydrogen) atoms. The Morgan fingerprint density at radius 1 is 1.13 bits per heavy atom. The lowest BCUT2D eigenvalue weighted by molar-refractivity contribution is -0.670. The van der Waals surface area contributed by atoms with Crippen LogP contribution in [0.3, 0.4) is 0 Å². The monoisotopic (exact) mass is 533 g/mol. The summed E-state index contributed by atoms with van der Waals surface area (Å²) < 4.78 is 10.9. The van der Waals surface area contributed by atoms with Gasteiger partial charge in [-0.1, -0.05) is 17.7 Å². The van der Waals surface area contributed by atoms with E-state index in [0.717, 1.165) is 48.4 Å². The summed E-state index contributed by atoms with van der Waals surface area (Å²) in [6, 6.07) is 12.5. The fourth-order valence-corrected chi connectivity index (χ4v) is 4.71. The van der Waals surface area contributed by atoms with Gasteiger partial charge in [-0.15, -0.1) is 0 Å². The minimum absolute atomic E-state index is 0. The van der Waals surface area contributed by atoms with Gasteiger partial charge in [0.05, 0.1) is 18.8 Å². The summed E-state index contributed by atoms with van der Waals surface area (Å²) in [6.07, 6.45) is 5.36. The lowest BCUT2D eigenvalue weighted by Crippen LogP contribution is -3.00. The molecule has 2 aliphatic heterocycles. The predicted molar refractivity (Wildman–Crippen MR) is 118 cm³/mol. The fraction of sp³-hybridized carbons (Fsp3) is 0.292. The molecule has 0 saturated heterocycles. The first-order chi connectivity index (χ1) is 14.1. The second kappa shape index (κ2) is 8.27. The molecule has 0 bridgehead atoms. The smallest absolute Gasteiger partial charge is 0.285 e. The summed E-state index contributed by atoms with van der Waals surface area (Å²) >= 11 is 6.28. The van der Waals surface area contributed by atoms with E-state index in [-0.39, 0.29) is 24.0 Å². The zero-order valence-electron chi connectivity index (χ0n) is 17.5. The fourth-order valence-electron chi connectivity index (χ4n) is 4.54. The average molecular weight is 534 g/mol. The van der Waals surface area contributed by atoms with Crippen molar-refractivity contribution in [2.24, 2.45) is 0 Å². The average Bonchev–Trinajstić information content (AvgIpc) is 3.36. The molecule has 0 unspecified atom stereocenters. The number of anilines is 1. The van der Waals surface area contributed by atoms with Crippen LogP contribution in [0.1, 0.15) is 31.7 Å². The molecule has 4 nitrogen and oxygen atoms in total. The Morgan fingerprint density at radius 2 is 1.97 bits per heavy atom. The van der Waals surface area contributed by atoms with Crippen LogP contribution in [0.25, 0.3) is 16.6 Å². The standard InChI is InChI=1S/C24H25ClN3O.HI/c1-4-26-21-14-16(3)6-10-22(21)29-23(26)11-7-17-12-13-28-20-15-18(25)8-9-19(20)27(5-2)24(17)28;/h6-11,14-15H,4-5,12-13H2,1-3H3;1H/q+1;/p-1. The molecule has 0 saturated carbocycles. The molecule has 3 heterocycles. The highest BCUT2D eigenvalue weighted by molar-refractivity contribution is 6.31. The molecule has 0 fully saturated rings. The van der Waals surface area contributed by atoms with Crippen molar-refractivity contribution in [3.63, 3.8) is 0 Å². The molecule has 6 heteroatoms. The van der Waals surface area contributed by atoms with Crippen molar-refractivity contribution < 1.29 is 33.3 Å². The summed E-state index contributed by atoms with van der Waals surface area (Å²) in [7, 11) is 0. The van der Waals surface area contributed by atoms with Crippen molar-refractivity contribution in [3.8, 4) is 5.75 Å². The summed E-state index contributed by atoms with van der Waals surface area (Å²) in [4.78, 5) is 2.23. The van der Waals surface area contributed by atoms with E-state index in [9.17, 15) is 0 Å². The molecule has 1 aromatic heterocycles. The number of allylic oxidation sites excluding steroid dienone is 3. The zero-order chi connectivity index (χ0) is 20.1. The molecule has 156 valence electrons. The second-order valence-electron chi connectivity index (χ2n) is 7.62. The second-order valence-corrected chi connectivity index (χ2v) is 8.05. The van der Waals surface area contributed by atoms with Gasteiger partial charge in [-0.05, 0) is 62.8 Å². The van der Waals surface area contributed by atoms with Gasteiger partial charge in [0, 0.05) is 29.6 Å². The van der Waals surface area contributed by atoms with E-state index in [4.69, 9.17) is 16.3 Å². The Kier molecular flexibility index (Phi) is 5.86. The van der Waals surface area contributed by atoms with E-state index in [1.165, 1.54) is 28.0 Å². The number of aromatic nitrogens is 2. The Labute approximate surface area is 199 Å². The number of imidazole rings is 1. The van der Waals surface area contributed by atoms with Gasteiger partial charge in [0.1, 0.15) is 0 Å². The molecule has 0 aliphatic carbocycles. The van der Waals surface area contributed by atoms with E-state index >= 15 is 0 Å². The van der Waals surface area contributed by atoms with Crippen LogP contribution in [-0.2, 0) is 13.1 Å². The van der Waals surface area contributed by atoms with Crippen LogP contribution in [0, 0.1) is 6.92 Å². The molecular formula is C24H25ClIN3O. The van der Waals surface area contributed by atoms with Gasteiger partial charge in [0.25, 0.3) is 5.82 Å². The van der Waals surface area contributed by atoms with E-state index in [1.807, 2.05) is 6.07 Å². The SMILES string of the molecule is CCN1C(=CC=C2CCn3c2[n+](CC)c2ccc(Cl)cc23)Oc2ccc(C)cc21.[I-]. The van der Waals surface area contributed by atoms with Crippen LogP contribution >= 0.6 is 11.6 Å². The highest BCUT2D eigenvalue weighted by atomic mass is 127. The number of rotatable bonds is 3. The highest BCUT2D eigenvalue weighted by Gasteiger charge is 2.32. The van der Waals surface area contributed by atoms with E-state index in [1.54, 1.807) is 0 Å². The Balaban J connectivity index is 0.00000218. The first kappa shape index (κ1) is 21.2. The van der Waals surface area contributed by atoms with Crippen molar-refractivity contribution in [3.05, 3.63) is 70.8 Å². The lowest BCUT2D eigenvalue weighted by Gasteiger charge is -2.15. The van der Waals surface area contributed by atoms with Gasteiger partial charge in [-0.25, -0.2) is 9.13 Å². The molecule has 3 aromatic rings. The van der Waals surface area contributed by atoms with Crippen molar-refractivity contribution in [1.82, 2.24) is 4.57 Å². The van der Waals surface area contributed by atoms with Crippen LogP contribution in [-0.4, -0.2) is 11.1 Å². The number of aryl methyl sites for hydroxylation is 3. The number of nitrogens with zero attached hydrogens (tertiary/aromatic N) is 3. The molecule has 2 aromatic carbocycles. The van der Waals surface area contributed by atoms with Gasteiger partial charge < -0.3 is 33.6 Å². The minimum Gasteiger partial charge on any atom is -1.00 e. The first-order valence-corrected chi connectivity index (χ1v) is 10.7. The van der Waals surface area contributed by atoms with E-state index in [0.29, 0.717) is 0 Å². The van der Waals surface area contributed by atoms with Gasteiger partial charge in [-0.2, -0.15) is 0 Å². The van der Waals surface area contributed by atoms with E-state index in [2.05, 4.69) is 77.3 Å². The van der Waals surface area contributed by atoms with Crippen molar-refractivity contribution in [2.45, 2.75) is 40.3 Å². The van der Waals surface area contributed by atoms with Gasteiger partial charge in [0.2, 0.25) is 5.88 Å². The third kappa shape index (κ3) is 3.32. The Morgan fingerprint density at radius 3 is 2.73 bits per heavy atom. The molecule has 0 N–H and O–H groups in total. The number of benzene rings is 2. The topological polar surface area (TPSA) is 21.3 Å². The maximum Gasteiger partial charge on any atom is 0.285 e. The number of halogens is 2. The molecule has 0 radical (unpaired) electrons. The van der Waals surface area contributed by atoms with E-state index < -0.39 is 0 Å². The van der Waals surface area contributed by atoms with Crippen LogP contribution in [0.4, 0.5) is 5.69 Å². The first-order valence-electron chi connectivity index (χ1n) is 10.3. The number of hydrogen-bond acceptors (Lipinski definition) is 2. The summed E-state index contributed by atoms with van der Waals surface area (Å²) in [5.74, 6) is 3.10. The Bertz CT molecular complexity index is 1190.